The molecule has 0 saturated carbocycles. The van der Waals surface area contributed by atoms with Crippen LogP contribution < -0.4 is 26.0 Å². The number of hydrogen-bond acceptors (Lipinski definition) is 7. The van der Waals surface area contributed by atoms with Crippen molar-refractivity contribution < 1.29 is 29.0 Å². The van der Waals surface area contributed by atoms with Crippen molar-refractivity contribution in [2.45, 2.75) is 50.8 Å². The lowest BCUT2D eigenvalue weighted by Crippen LogP contribution is -2.53. The van der Waals surface area contributed by atoms with Crippen molar-refractivity contribution in [2.24, 2.45) is 0 Å². The van der Waals surface area contributed by atoms with Crippen molar-refractivity contribution in [2.75, 3.05) is 40.3 Å². The Kier molecular flexibility index (Phi) is 11.4. The highest BCUT2D eigenvalue weighted by molar-refractivity contribution is 5.99. The first kappa shape index (κ1) is 28.1. The Morgan fingerprint density at radius 1 is 1.23 bits per heavy atom. The second kappa shape index (κ2) is 14.3. The van der Waals surface area contributed by atoms with E-state index in [4.69, 9.17) is 4.74 Å². The Labute approximate surface area is 206 Å². The summed E-state index contributed by atoms with van der Waals surface area (Å²) in [5.74, 6) is -1.56. The molecule has 2 rings (SSSR count). The smallest absolute Gasteiger partial charge is 0.255 e. The molecule has 0 aromatic heterocycles. The van der Waals surface area contributed by atoms with Crippen LogP contribution in [0.15, 0.2) is 24.3 Å². The number of rotatable bonds is 6. The summed E-state index contributed by atoms with van der Waals surface area (Å²) in [4.78, 5) is 52.9. The molecule has 194 valence electrons. The molecule has 0 unspecified atom stereocenters. The molecule has 11 heteroatoms. The van der Waals surface area contributed by atoms with Gasteiger partial charge in [0.15, 0.2) is 0 Å². The maximum Gasteiger partial charge on any atom is 0.255 e. The molecule has 3 atom stereocenters. The van der Waals surface area contributed by atoms with Crippen LogP contribution >= 0.6 is 0 Å². The van der Waals surface area contributed by atoms with E-state index in [1.54, 1.807) is 24.3 Å². The van der Waals surface area contributed by atoms with Gasteiger partial charge in [0.2, 0.25) is 17.7 Å². The van der Waals surface area contributed by atoms with E-state index in [1.165, 1.54) is 6.92 Å². The van der Waals surface area contributed by atoms with Crippen LogP contribution in [0.4, 0.5) is 0 Å². The monoisotopic (exact) mass is 491 g/mol. The Morgan fingerprint density at radius 3 is 2.69 bits per heavy atom. The molecule has 1 aromatic carbocycles. The molecule has 1 aliphatic heterocycles. The van der Waals surface area contributed by atoms with Gasteiger partial charge in [0, 0.05) is 19.5 Å². The van der Waals surface area contributed by atoms with Gasteiger partial charge in [-0.1, -0.05) is 12.1 Å². The molecule has 1 aliphatic rings. The first-order valence-corrected chi connectivity index (χ1v) is 11.9. The normalized spacial score (nSPS) is 21.1. The Morgan fingerprint density at radius 2 is 1.97 bits per heavy atom. The predicted octanol–water partition coefficient (Wildman–Crippen LogP) is -0.603. The molecule has 1 aromatic rings. The van der Waals surface area contributed by atoms with Crippen LogP contribution in [0.5, 0.6) is 5.75 Å². The summed E-state index contributed by atoms with van der Waals surface area (Å²) in [5.41, 5.74) is 0.271. The molecule has 0 radical (unpaired) electrons. The van der Waals surface area contributed by atoms with E-state index in [9.17, 15) is 24.3 Å². The fourth-order valence-electron chi connectivity index (χ4n) is 3.52. The van der Waals surface area contributed by atoms with Crippen molar-refractivity contribution in [3.05, 3.63) is 29.8 Å². The molecule has 0 spiro atoms. The minimum absolute atomic E-state index is 0.00819. The maximum atomic E-state index is 13.0. The molecule has 1 heterocycles. The van der Waals surface area contributed by atoms with Gasteiger partial charge in [-0.2, -0.15) is 0 Å². The number of nitrogens with one attached hydrogen (secondary N) is 4. The van der Waals surface area contributed by atoms with Gasteiger partial charge in [-0.05, 0) is 59.0 Å². The largest absolute Gasteiger partial charge is 0.493 e. The standard InChI is InChI=1S/C24H37N5O6/c1-16(30)21-24(34)26-13-7-15-35-19-9-5-4-8-17(19)22(32)27-18(10-11-20(31)28-21)23(33)25-12-6-14-29(2)3/h4-5,8-9,16,18,21,30H,6-7,10-15H2,1-3H3,(H,25,33)(H,26,34)(H,27,32)(H,28,31)/t16-,18+,21+/m1/s1. The van der Waals surface area contributed by atoms with E-state index in [0.717, 1.165) is 13.0 Å². The minimum atomic E-state index is -1.13. The average Bonchev–Trinajstić information content (AvgIpc) is 2.81. The summed E-state index contributed by atoms with van der Waals surface area (Å²) in [6.07, 6.45) is -0.0719. The van der Waals surface area contributed by atoms with Gasteiger partial charge in [0.25, 0.3) is 5.91 Å². The van der Waals surface area contributed by atoms with Crippen LogP contribution in [0, 0.1) is 0 Å². The number of nitrogens with zero attached hydrogens (tertiary/aromatic N) is 1. The lowest BCUT2D eigenvalue weighted by molar-refractivity contribution is -0.132. The Balaban J connectivity index is 2.21. The fraction of sp³-hybridized carbons (Fsp3) is 0.583. The molecule has 35 heavy (non-hydrogen) atoms. The highest BCUT2D eigenvalue weighted by Crippen LogP contribution is 2.18. The van der Waals surface area contributed by atoms with Gasteiger partial charge in [0.1, 0.15) is 17.8 Å². The molecule has 11 nitrogen and oxygen atoms in total. The second-order valence-electron chi connectivity index (χ2n) is 8.79. The number of amides is 4. The Hall–Kier alpha value is -3.18. The molecule has 4 amide bonds. The first-order chi connectivity index (χ1) is 16.7. The summed E-state index contributed by atoms with van der Waals surface area (Å²) in [6, 6.07) is 4.57. The van der Waals surface area contributed by atoms with E-state index in [-0.39, 0.29) is 31.6 Å². The third-order valence-corrected chi connectivity index (χ3v) is 5.45. The van der Waals surface area contributed by atoms with Gasteiger partial charge in [0.05, 0.1) is 18.3 Å². The molecule has 0 fully saturated rings. The van der Waals surface area contributed by atoms with E-state index in [2.05, 4.69) is 21.3 Å². The lowest BCUT2D eigenvalue weighted by atomic mass is 10.1. The number of aliphatic hydroxyl groups is 1. The molecule has 0 aliphatic carbocycles. The third kappa shape index (κ3) is 9.53. The van der Waals surface area contributed by atoms with Crippen molar-refractivity contribution in [3.63, 3.8) is 0 Å². The average molecular weight is 492 g/mol. The third-order valence-electron chi connectivity index (χ3n) is 5.45. The second-order valence-corrected chi connectivity index (χ2v) is 8.79. The number of carbonyl (C=O) groups is 4. The lowest BCUT2D eigenvalue weighted by Gasteiger charge is -2.23. The Bertz CT molecular complexity index is 876. The minimum Gasteiger partial charge on any atom is -0.493 e. The number of ether oxygens (including phenoxy) is 1. The topological polar surface area (TPSA) is 149 Å². The maximum absolute atomic E-state index is 13.0. The fourth-order valence-corrected chi connectivity index (χ4v) is 3.52. The van der Waals surface area contributed by atoms with Crippen LogP contribution in [0.2, 0.25) is 0 Å². The van der Waals surface area contributed by atoms with Crippen LogP contribution in [0.25, 0.3) is 0 Å². The zero-order chi connectivity index (χ0) is 25.8. The van der Waals surface area contributed by atoms with E-state index < -0.39 is 41.8 Å². The number of aliphatic hydroxyl groups excluding tert-OH is 1. The van der Waals surface area contributed by atoms with Crippen LogP contribution in [-0.4, -0.2) is 92.2 Å². The quantitative estimate of drug-likeness (QED) is 0.334. The van der Waals surface area contributed by atoms with Crippen molar-refractivity contribution in [3.8, 4) is 5.75 Å². The molecule has 0 bridgehead atoms. The number of benzene rings is 1. The van der Waals surface area contributed by atoms with Crippen molar-refractivity contribution in [1.29, 1.82) is 0 Å². The van der Waals surface area contributed by atoms with Crippen LogP contribution in [0.1, 0.15) is 43.0 Å². The van der Waals surface area contributed by atoms with Gasteiger partial charge in [-0.25, -0.2) is 0 Å². The predicted molar refractivity (Wildman–Crippen MR) is 130 cm³/mol. The molecule has 0 saturated heterocycles. The number of hydrogen-bond donors (Lipinski definition) is 5. The van der Waals surface area contributed by atoms with Gasteiger partial charge in [-0.3, -0.25) is 19.2 Å². The molecule has 5 N–H and O–H groups in total. The summed E-state index contributed by atoms with van der Waals surface area (Å²) in [7, 11) is 3.87. The molecular formula is C24H37N5O6. The van der Waals surface area contributed by atoms with Gasteiger partial charge >= 0.3 is 0 Å². The summed E-state index contributed by atoms with van der Waals surface area (Å²) in [5, 5.41) is 20.7. The summed E-state index contributed by atoms with van der Waals surface area (Å²) < 4.78 is 5.75. The van der Waals surface area contributed by atoms with Crippen molar-refractivity contribution in [1.82, 2.24) is 26.2 Å². The van der Waals surface area contributed by atoms with Gasteiger partial charge in [-0.15, -0.1) is 0 Å². The van der Waals surface area contributed by atoms with E-state index in [0.29, 0.717) is 18.7 Å². The summed E-state index contributed by atoms with van der Waals surface area (Å²) >= 11 is 0. The number of para-hydroxylation sites is 1. The zero-order valence-corrected chi connectivity index (χ0v) is 20.6. The zero-order valence-electron chi connectivity index (χ0n) is 20.6. The van der Waals surface area contributed by atoms with Gasteiger partial charge < -0.3 is 36.0 Å². The SMILES string of the molecule is C[C@@H](O)[C@@H]1NC(=O)CC[C@@H](C(=O)NCCCN(C)C)NC(=O)c2ccccc2OCCCNC1=O. The van der Waals surface area contributed by atoms with Crippen LogP contribution in [-0.2, 0) is 14.4 Å². The summed E-state index contributed by atoms with van der Waals surface area (Å²) in [6.45, 7) is 3.11. The van der Waals surface area contributed by atoms with Crippen molar-refractivity contribution >= 4 is 23.6 Å². The molecular weight excluding hydrogens is 454 g/mol. The van der Waals surface area contributed by atoms with Crippen LogP contribution in [0.3, 0.4) is 0 Å². The first-order valence-electron chi connectivity index (χ1n) is 11.9. The highest BCUT2D eigenvalue weighted by Gasteiger charge is 2.28. The highest BCUT2D eigenvalue weighted by atomic mass is 16.5. The van der Waals surface area contributed by atoms with E-state index in [1.807, 2.05) is 19.0 Å². The number of fused-ring (bicyclic) bond motifs is 1. The van der Waals surface area contributed by atoms with E-state index >= 15 is 0 Å². The number of carbonyl (C=O) groups excluding carboxylic acids is 4.